The lowest BCUT2D eigenvalue weighted by molar-refractivity contribution is -0.426. The summed E-state index contributed by atoms with van der Waals surface area (Å²) < 4.78 is 0.847. The highest BCUT2D eigenvalue weighted by Crippen LogP contribution is 2.27. The van der Waals surface area contributed by atoms with Crippen molar-refractivity contribution < 1.29 is 4.98 Å². The van der Waals surface area contributed by atoms with Crippen molar-refractivity contribution in [3.8, 4) is 0 Å². The minimum atomic E-state index is 0.499. The lowest BCUT2D eigenvalue weighted by Gasteiger charge is -1.86. The predicted molar refractivity (Wildman–Crippen MR) is 51.4 cm³/mol. The van der Waals surface area contributed by atoms with Gasteiger partial charge in [-0.1, -0.05) is 11.3 Å². The van der Waals surface area contributed by atoms with Crippen molar-refractivity contribution in [2.75, 3.05) is 5.73 Å². The lowest BCUT2D eigenvalue weighted by Crippen LogP contribution is -2.02. The first-order valence-electron chi connectivity index (χ1n) is 3.58. The molecule has 0 unspecified atom stereocenters. The third-order valence-electron chi connectivity index (χ3n) is 1.30. The Labute approximate surface area is 83.2 Å². The van der Waals surface area contributed by atoms with Gasteiger partial charge < -0.3 is 5.73 Å². The maximum absolute atomic E-state index is 5.45. The first-order valence-corrected chi connectivity index (χ1v) is 5.21. The molecule has 2 aromatic heterocycles. The number of pyridine rings is 1. The van der Waals surface area contributed by atoms with Crippen LogP contribution in [-0.4, -0.2) is 10.2 Å². The number of H-pyrrole nitrogens is 1. The molecule has 0 radical (unpaired) electrons. The largest absolute Gasteiger partial charge is 0.374 e. The van der Waals surface area contributed by atoms with Crippen molar-refractivity contribution in [2.45, 2.75) is 9.37 Å². The third-order valence-corrected chi connectivity index (χ3v) is 3.08. The fourth-order valence-electron chi connectivity index (χ4n) is 0.796. The highest BCUT2D eigenvalue weighted by atomic mass is 32.2. The number of aromatic nitrogens is 3. The van der Waals surface area contributed by atoms with Gasteiger partial charge in [-0.25, -0.2) is 4.98 Å². The van der Waals surface area contributed by atoms with E-state index in [9.17, 15) is 0 Å². The Morgan fingerprint density at radius 3 is 2.92 bits per heavy atom. The molecule has 0 bridgehead atoms. The van der Waals surface area contributed by atoms with Crippen molar-refractivity contribution in [1.29, 1.82) is 0 Å². The maximum atomic E-state index is 5.45. The fraction of sp³-hybridized carbons (Fsp3) is 0. The van der Waals surface area contributed by atoms with Crippen LogP contribution in [-0.2, 0) is 0 Å². The SMILES string of the molecule is Nc1nnc(Sc2cccc[nH+]2)s1. The van der Waals surface area contributed by atoms with Gasteiger partial charge in [0.15, 0.2) is 10.5 Å². The van der Waals surface area contributed by atoms with Crippen LogP contribution in [0.3, 0.4) is 0 Å². The van der Waals surface area contributed by atoms with Crippen molar-refractivity contribution in [2.24, 2.45) is 0 Å². The average molecular weight is 211 g/mol. The molecule has 0 fully saturated rings. The quantitative estimate of drug-likeness (QED) is 0.807. The van der Waals surface area contributed by atoms with E-state index in [0.29, 0.717) is 5.13 Å². The molecular formula is C7H7N4S2+. The second-order valence-corrected chi connectivity index (χ2v) is 4.53. The molecule has 0 aliphatic heterocycles. The summed E-state index contributed by atoms with van der Waals surface area (Å²) in [5, 5.41) is 9.15. The average Bonchev–Trinajstić information content (AvgIpc) is 2.53. The molecule has 2 aromatic rings. The molecule has 0 amide bonds. The minimum Gasteiger partial charge on any atom is -0.374 e. The molecule has 0 aliphatic rings. The summed E-state index contributed by atoms with van der Waals surface area (Å²) in [7, 11) is 0. The predicted octanol–water partition coefficient (Wildman–Crippen LogP) is 1.09. The van der Waals surface area contributed by atoms with Gasteiger partial charge in [0.05, 0.1) is 0 Å². The Hall–Kier alpha value is -1.14. The molecular weight excluding hydrogens is 204 g/mol. The zero-order valence-electron chi connectivity index (χ0n) is 6.60. The lowest BCUT2D eigenvalue weighted by atomic mass is 10.5. The Bertz CT molecular complexity index is 386. The topological polar surface area (TPSA) is 65.9 Å². The smallest absolute Gasteiger partial charge is 0.245 e. The molecule has 0 saturated heterocycles. The van der Waals surface area contributed by atoms with Crippen LogP contribution in [0.5, 0.6) is 0 Å². The summed E-state index contributed by atoms with van der Waals surface area (Å²) in [4.78, 5) is 3.09. The van der Waals surface area contributed by atoms with Crippen molar-refractivity contribution in [3.63, 3.8) is 0 Å². The van der Waals surface area contributed by atoms with E-state index in [1.807, 2.05) is 24.4 Å². The minimum absolute atomic E-state index is 0.499. The number of rotatable bonds is 2. The van der Waals surface area contributed by atoms with Crippen LogP contribution in [0.1, 0.15) is 0 Å². The highest BCUT2D eigenvalue weighted by Gasteiger charge is 2.07. The van der Waals surface area contributed by atoms with E-state index >= 15 is 0 Å². The van der Waals surface area contributed by atoms with Crippen LogP contribution in [0.25, 0.3) is 0 Å². The number of nitrogens with zero attached hydrogens (tertiary/aromatic N) is 2. The Balaban J connectivity index is 2.15. The molecule has 3 N–H and O–H groups in total. The van der Waals surface area contributed by atoms with Gasteiger partial charge >= 0.3 is 0 Å². The molecule has 0 spiro atoms. The Morgan fingerprint density at radius 1 is 1.38 bits per heavy atom. The summed E-state index contributed by atoms with van der Waals surface area (Å²) >= 11 is 2.90. The second-order valence-electron chi connectivity index (χ2n) is 2.24. The van der Waals surface area contributed by atoms with Crippen LogP contribution >= 0.6 is 23.1 Å². The van der Waals surface area contributed by atoms with Crippen LogP contribution < -0.4 is 10.7 Å². The van der Waals surface area contributed by atoms with E-state index < -0.39 is 0 Å². The number of aromatic amines is 1. The van der Waals surface area contributed by atoms with Gasteiger partial charge in [-0.05, 0) is 6.07 Å². The zero-order valence-corrected chi connectivity index (χ0v) is 8.23. The number of nitrogen functional groups attached to an aromatic ring is 1. The van der Waals surface area contributed by atoms with Gasteiger partial charge in [-0.15, -0.1) is 10.2 Å². The molecule has 0 aliphatic carbocycles. The van der Waals surface area contributed by atoms with Crippen LogP contribution in [0.4, 0.5) is 5.13 Å². The summed E-state index contributed by atoms with van der Waals surface area (Å²) in [6.45, 7) is 0. The molecule has 0 saturated carbocycles. The summed E-state index contributed by atoms with van der Waals surface area (Å²) in [6, 6.07) is 5.87. The number of anilines is 1. The monoisotopic (exact) mass is 211 g/mol. The number of nitrogens with two attached hydrogens (primary N) is 1. The van der Waals surface area contributed by atoms with E-state index in [1.54, 1.807) is 0 Å². The molecule has 0 aromatic carbocycles. The van der Waals surface area contributed by atoms with Crippen LogP contribution in [0, 0.1) is 0 Å². The van der Waals surface area contributed by atoms with E-state index in [-0.39, 0.29) is 0 Å². The summed E-state index contributed by atoms with van der Waals surface area (Å²) in [6.07, 6.45) is 1.87. The van der Waals surface area contributed by atoms with Gasteiger partial charge in [0.25, 0.3) is 0 Å². The van der Waals surface area contributed by atoms with Gasteiger partial charge in [0.2, 0.25) is 10.2 Å². The van der Waals surface area contributed by atoms with Crippen molar-refractivity contribution in [1.82, 2.24) is 10.2 Å². The first kappa shape index (κ1) is 8.46. The van der Waals surface area contributed by atoms with Crippen LogP contribution in [0.15, 0.2) is 33.8 Å². The number of hydrogen-bond donors (Lipinski definition) is 1. The Kier molecular flexibility index (Phi) is 2.42. The molecule has 2 heterocycles. The third kappa shape index (κ3) is 2.16. The van der Waals surface area contributed by atoms with Crippen molar-refractivity contribution >= 4 is 28.2 Å². The van der Waals surface area contributed by atoms with Gasteiger partial charge in [-0.3, -0.25) is 0 Å². The van der Waals surface area contributed by atoms with Gasteiger partial charge in [-0.2, -0.15) is 0 Å². The zero-order chi connectivity index (χ0) is 9.10. The molecule has 66 valence electrons. The van der Waals surface area contributed by atoms with Crippen LogP contribution in [0.2, 0.25) is 0 Å². The van der Waals surface area contributed by atoms with E-state index in [4.69, 9.17) is 5.73 Å². The standard InChI is InChI=1S/C7H6N4S2/c8-6-10-11-7(13-6)12-5-3-1-2-4-9-5/h1-4H,(H2,8,10)/p+1. The Morgan fingerprint density at radius 2 is 2.31 bits per heavy atom. The highest BCUT2D eigenvalue weighted by molar-refractivity contribution is 8.00. The summed E-state index contributed by atoms with van der Waals surface area (Å²) in [5.74, 6) is 0. The number of nitrogens with one attached hydrogen (secondary N) is 1. The molecule has 0 atom stereocenters. The molecule has 6 heteroatoms. The van der Waals surface area contributed by atoms with Crippen molar-refractivity contribution in [3.05, 3.63) is 24.4 Å². The first-order chi connectivity index (χ1) is 6.34. The van der Waals surface area contributed by atoms with E-state index in [0.717, 1.165) is 9.37 Å². The second kappa shape index (κ2) is 3.71. The maximum Gasteiger partial charge on any atom is 0.245 e. The summed E-state index contributed by atoms with van der Waals surface area (Å²) in [5.41, 5.74) is 5.45. The van der Waals surface area contributed by atoms with Gasteiger partial charge in [0, 0.05) is 23.9 Å². The molecule has 4 nitrogen and oxygen atoms in total. The normalized spacial score (nSPS) is 10.2. The van der Waals surface area contributed by atoms with E-state index in [1.165, 1.54) is 23.1 Å². The fourth-order valence-corrected chi connectivity index (χ4v) is 2.37. The molecule has 2 rings (SSSR count). The molecule has 13 heavy (non-hydrogen) atoms. The van der Waals surface area contributed by atoms with E-state index in [2.05, 4.69) is 15.2 Å². The number of hydrogen-bond acceptors (Lipinski definition) is 5. The van der Waals surface area contributed by atoms with Gasteiger partial charge in [0.1, 0.15) is 0 Å².